The maximum atomic E-state index is 12.6. The summed E-state index contributed by atoms with van der Waals surface area (Å²) in [5, 5.41) is 12.3. The summed E-state index contributed by atoms with van der Waals surface area (Å²) in [4.78, 5) is 51.0. The number of nitrogens with zero attached hydrogens (tertiary/aromatic N) is 1. The molecule has 20 heteroatoms. The van der Waals surface area contributed by atoms with Crippen molar-refractivity contribution in [3.05, 3.63) is 65.2 Å². The number of hydrogen-bond donors (Lipinski definition) is 2. The van der Waals surface area contributed by atoms with Crippen LogP contribution in [0.4, 0.5) is 0 Å². The number of aromatic hydroxyl groups is 1. The molecular formula is C48H74N2O18. The molecule has 0 fully saturated rings. The van der Waals surface area contributed by atoms with Gasteiger partial charge in [0.05, 0.1) is 183 Å². The Labute approximate surface area is 400 Å². The van der Waals surface area contributed by atoms with E-state index in [-0.39, 0.29) is 56.1 Å². The molecule has 1 aliphatic heterocycles. The van der Waals surface area contributed by atoms with Gasteiger partial charge in [-0.05, 0) is 36.2 Å². The van der Waals surface area contributed by atoms with Crippen LogP contribution in [0.1, 0.15) is 52.5 Å². The zero-order chi connectivity index (χ0) is 48.5. The SMILES string of the molecule is CCCCOC(=O)[C@H](Cc1ccc(O)cc1)NC(=O)CCOCCOCCOCCOCCOCCOCCOCCOCCOCCOCCOCCOCCN1C(=O)c2ccccc2C1=O. The number of esters is 1. The summed E-state index contributed by atoms with van der Waals surface area (Å²) in [5.41, 5.74) is 1.65. The van der Waals surface area contributed by atoms with Crippen LogP contribution in [0, 0.1) is 0 Å². The summed E-state index contributed by atoms with van der Waals surface area (Å²) in [7, 11) is 0. The van der Waals surface area contributed by atoms with Crippen molar-refractivity contribution in [3.63, 3.8) is 0 Å². The number of phenolic OH excluding ortho intramolecular Hbond substituents is 1. The molecule has 0 bridgehead atoms. The first-order valence-electron chi connectivity index (χ1n) is 23.5. The summed E-state index contributed by atoms with van der Waals surface area (Å²) in [6.07, 6.45) is 1.96. The van der Waals surface area contributed by atoms with Crippen LogP contribution < -0.4 is 5.32 Å². The zero-order valence-electron chi connectivity index (χ0n) is 39.7. The molecule has 0 spiro atoms. The van der Waals surface area contributed by atoms with Crippen LogP contribution in [-0.2, 0) is 77.6 Å². The quantitative estimate of drug-likeness (QED) is 0.0553. The van der Waals surface area contributed by atoms with Crippen LogP contribution in [0.3, 0.4) is 0 Å². The van der Waals surface area contributed by atoms with Crippen LogP contribution in [-0.4, -0.2) is 211 Å². The molecule has 68 heavy (non-hydrogen) atoms. The first kappa shape index (κ1) is 58.2. The monoisotopic (exact) mass is 966 g/mol. The molecule has 0 aliphatic carbocycles. The summed E-state index contributed by atoms with van der Waals surface area (Å²) in [5.74, 6) is -1.27. The van der Waals surface area contributed by atoms with Crippen molar-refractivity contribution in [3.8, 4) is 5.75 Å². The first-order valence-corrected chi connectivity index (χ1v) is 23.5. The Morgan fingerprint density at radius 2 is 0.853 bits per heavy atom. The molecule has 384 valence electrons. The summed E-state index contributed by atoms with van der Waals surface area (Å²) in [6, 6.07) is 12.4. The molecule has 20 nitrogen and oxygen atoms in total. The van der Waals surface area contributed by atoms with Crippen molar-refractivity contribution in [2.75, 3.05) is 172 Å². The predicted molar refractivity (Wildman–Crippen MR) is 246 cm³/mol. The normalized spacial score (nSPS) is 12.8. The van der Waals surface area contributed by atoms with Gasteiger partial charge in [0, 0.05) is 12.8 Å². The molecule has 0 unspecified atom stereocenters. The topological polar surface area (TPSA) is 224 Å². The fourth-order valence-electron chi connectivity index (χ4n) is 6.03. The largest absolute Gasteiger partial charge is 0.508 e. The number of carbonyl (C=O) groups is 4. The summed E-state index contributed by atoms with van der Waals surface area (Å²) >= 11 is 0. The third-order valence-electron chi connectivity index (χ3n) is 9.64. The van der Waals surface area contributed by atoms with Crippen molar-refractivity contribution in [1.82, 2.24) is 10.2 Å². The lowest BCUT2D eigenvalue weighted by molar-refractivity contribution is -0.148. The predicted octanol–water partition coefficient (Wildman–Crippen LogP) is 2.65. The summed E-state index contributed by atoms with van der Waals surface area (Å²) < 4.78 is 71.3. The van der Waals surface area contributed by atoms with Gasteiger partial charge in [0.1, 0.15) is 11.8 Å². The van der Waals surface area contributed by atoms with Crippen LogP contribution in [0.2, 0.25) is 0 Å². The highest BCUT2D eigenvalue weighted by Gasteiger charge is 2.34. The van der Waals surface area contributed by atoms with Crippen molar-refractivity contribution < 1.29 is 85.9 Å². The fraction of sp³-hybridized carbons (Fsp3) is 0.667. The van der Waals surface area contributed by atoms with E-state index in [1.807, 2.05) is 6.92 Å². The Hall–Kier alpha value is -4.16. The van der Waals surface area contributed by atoms with Crippen LogP contribution >= 0.6 is 0 Å². The van der Waals surface area contributed by atoms with Crippen molar-refractivity contribution in [2.45, 2.75) is 38.6 Å². The minimum atomic E-state index is -0.837. The minimum Gasteiger partial charge on any atom is -0.508 e. The van der Waals surface area contributed by atoms with Gasteiger partial charge in [-0.25, -0.2) is 4.79 Å². The molecule has 0 saturated heterocycles. The Morgan fingerprint density at radius 1 is 0.500 bits per heavy atom. The number of hydrogen-bond acceptors (Lipinski definition) is 18. The molecule has 1 atom stereocenters. The maximum Gasteiger partial charge on any atom is 0.328 e. The number of unbranched alkanes of at least 4 members (excludes halogenated alkanes) is 1. The van der Waals surface area contributed by atoms with E-state index < -0.39 is 12.0 Å². The van der Waals surface area contributed by atoms with Crippen molar-refractivity contribution in [2.24, 2.45) is 0 Å². The van der Waals surface area contributed by atoms with Gasteiger partial charge in [0.25, 0.3) is 11.8 Å². The number of benzene rings is 2. The van der Waals surface area contributed by atoms with Gasteiger partial charge in [0.15, 0.2) is 0 Å². The first-order chi connectivity index (χ1) is 33.4. The number of rotatable bonds is 46. The number of amides is 3. The number of ether oxygens (including phenoxy) is 13. The second-order valence-electron chi connectivity index (χ2n) is 14.9. The van der Waals surface area contributed by atoms with E-state index in [9.17, 15) is 24.3 Å². The number of fused-ring (bicyclic) bond motifs is 1. The van der Waals surface area contributed by atoms with Crippen LogP contribution in [0.15, 0.2) is 48.5 Å². The minimum absolute atomic E-state index is 0.0826. The Balaban J connectivity index is 0.942. The molecule has 2 aromatic carbocycles. The Kier molecular flexibility index (Phi) is 33.9. The molecule has 1 aliphatic rings. The van der Waals surface area contributed by atoms with E-state index in [1.54, 1.807) is 36.4 Å². The fourth-order valence-corrected chi connectivity index (χ4v) is 6.03. The third-order valence-corrected chi connectivity index (χ3v) is 9.64. The Morgan fingerprint density at radius 3 is 1.22 bits per heavy atom. The smallest absolute Gasteiger partial charge is 0.328 e. The standard InChI is InChI=1S/C48H74N2O18/c1-2-3-14-68-48(55)44(39-40-8-10-41(51)11-9-40)49-45(52)12-15-56-17-19-58-21-23-60-25-27-62-29-31-64-33-35-66-37-38-67-36-34-65-32-30-63-28-26-61-24-22-59-20-18-57-16-13-50-46(53)42-6-4-5-7-43(42)47(50)54/h4-11,44,51H,2-3,12-39H2,1H3,(H,49,52)/t44-/m0/s1. The Bertz CT molecular complexity index is 1580. The molecule has 1 heterocycles. The molecule has 0 radical (unpaired) electrons. The molecule has 2 N–H and O–H groups in total. The molecule has 2 aromatic rings. The highest BCUT2D eigenvalue weighted by Crippen LogP contribution is 2.22. The number of phenols is 1. The summed E-state index contributed by atoms with van der Waals surface area (Å²) in [6.45, 7) is 12.3. The van der Waals surface area contributed by atoms with E-state index in [4.69, 9.17) is 61.6 Å². The van der Waals surface area contributed by atoms with Gasteiger partial charge in [-0.15, -0.1) is 0 Å². The van der Waals surface area contributed by atoms with Gasteiger partial charge in [0.2, 0.25) is 5.91 Å². The molecule has 0 aromatic heterocycles. The van der Waals surface area contributed by atoms with Crippen LogP contribution in [0.5, 0.6) is 5.75 Å². The third kappa shape index (κ3) is 27.7. The highest BCUT2D eigenvalue weighted by molar-refractivity contribution is 6.21. The van der Waals surface area contributed by atoms with Gasteiger partial charge < -0.3 is 72.0 Å². The second-order valence-corrected chi connectivity index (χ2v) is 14.9. The molecule has 0 saturated carbocycles. The lowest BCUT2D eigenvalue weighted by Gasteiger charge is -2.18. The molecule has 3 rings (SSSR count). The van der Waals surface area contributed by atoms with E-state index >= 15 is 0 Å². The van der Waals surface area contributed by atoms with Crippen LogP contribution in [0.25, 0.3) is 0 Å². The number of imide groups is 1. The lowest BCUT2D eigenvalue weighted by atomic mass is 10.1. The maximum absolute atomic E-state index is 12.6. The van der Waals surface area contributed by atoms with E-state index in [0.29, 0.717) is 163 Å². The van der Waals surface area contributed by atoms with E-state index in [0.717, 1.165) is 18.4 Å². The van der Waals surface area contributed by atoms with Gasteiger partial charge in [-0.1, -0.05) is 37.6 Å². The second kappa shape index (κ2) is 39.7. The van der Waals surface area contributed by atoms with Crippen molar-refractivity contribution in [1.29, 1.82) is 0 Å². The van der Waals surface area contributed by atoms with Crippen molar-refractivity contribution >= 4 is 23.7 Å². The van der Waals surface area contributed by atoms with Gasteiger partial charge in [-0.2, -0.15) is 0 Å². The lowest BCUT2D eigenvalue weighted by Crippen LogP contribution is -2.43. The molecule has 3 amide bonds. The average Bonchev–Trinajstić information content (AvgIpc) is 3.58. The number of nitrogens with one attached hydrogen (secondary N) is 1. The van der Waals surface area contributed by atoms with E-state index in [2.05, 4.69) is 5.32 Å². The average molecular weight is 967 g/mol. The zero-order valence-corrected chi connectivity index (χ0v) is 39.7. The molecular weight excluding hydrogens is 893 g/mol. The van der Waals surface area contributed by atoms with Gasteiger partial charge in [-0.3, -0.25) is 19.3 Å². The number of carbonyl (C=O) groups excluding carboxylic acids is 4. The highest BCUT2D eigenvalue weighted by atomic mass is 16.6. The van der Waals surface area contributed by atoms with Gasteiger partial charge >= 0.3 is 5.97 Å². The van der Waals surface area contributed by atoms with E-state index in [1.165, 1.54) is 17.0 Å².